The fourth-order valence-corrected chi connectivity index (χ4v) is 2.45. The van der Waals surface area contributed by atoms with Crippen molar-refractivity contribution in [3.63, 3.8) is 0 Å². The molecule has 5 nitrogen and oxygen atoms in total. The molecule has 1 aromatic rings. The number of amides is 1. The maximum absolute atomic E-state index is 11.5. The number of benzene rings is 1. The molecule has 1 aliphatic rings. The van der Waals surface area contributed by atoms with Crippen molar-refractivity contribution in [1.29, 1.82) is 0 Å². The van der Waals surface area contributed by atoms with Gasteiger partial charge in [0.2, 0.25) is 5.91 Å². The van der Waals surface area contributed by atoms with Crippen LogP contribution in [0.15, 0.2) is 29.3 Å². The summed E-state index contributed by atoms with van der Waals surface area (Å²) in [7, 11) is 0. The molecule has 0 bridgehead atoms. The van der Waals surface area contributed by atoms with Crippen LogP contribution in [0.1, 0.15) is 12.0 Å². The molecule has 18 heavy (non-hydrogen) atoms. The van der Waals surface area contributed by atoms with Crippen molar-refractivity contribution in [3.8, 4) is 0 Å². The molecule has 1 saturated heterocycles. The summed E-state index contributed by atoms with van der Waals surface area (Å²) in [6, 6.07) is 7.50. The number of thioether (sulfide) groups is 1. The lowest BCUT2D eigenvalue weighted by Crippen LogP contribution is -2.31. The molecule has 6 heteroatoms. The Morgan fingerprint density at radius 3 is 2.72 bits per heavy atom. The molecule has 1 N–H and O–H groups in total. The smallest absolute Gasteiger partial charge is 0.239 e. The third-order valence-corrected chi connectivity index (χ3v) is 3.48. The molecular formula is C12H11N2O3S-. The molecule has 1 heterocycles. The van der Waals surface area contributed by atoms with E-state index in [4.69, 9.17) is 0 Å². The largest absolute Gasteiger partial charge is 0.550 e. The molecule has 0 saturated carbocycles. The van der Waals surface area contributed by atoms with Gasteiger partial charge in [0.1, 0.15) is 0 Å². The number of carboxylic acids is 1. The zero-order valence-electron chi connectivity index (χ0n) is 9.67. The number of hydrogen-bond donors (Lipinski definition) is 1. The van der Waals surface area contributed by atoms with Gasteiger partial charge in [0.05, 0.1) is 10.9 Å². The van der Waals surface area contributed by atoms with E-state index in [1.165, 1.54) is 0 Å². The van der Waals surface area contributed by atoms with Crippen molar-refractivity contribution in [1.82, 2.24) is 5.32 Å². The lowest BCUT2D eigenvalue weighted by Gasteiger charge is -2.04. The fourth-order valence-electron chi connectivity index (χ4n) is 1.48. The first-order chi connectivity index (χ1) is 8.54. The van der Waals surface area contributed by atoms with Gasteiger partial charge in [0.15, 0.2) is 5.17 Å². The molecule has 94 valence electrons. The van der Waals surface area contributed by atoms with Crippen LogP contribution in [-0.4, -0.2) is 22.3 Å². The topological polar surface area (TPSA) is 81.6 Å². The highest BCUT2D eigenvalue weighted by Gasteiger charge is 2.30. The lowest BCUT2D eigenvalue weighted by atomic mass is 10.2. The van der Waals surface area contributed by atoms with Gasteiger partial charge in [0, 0.05) is 12.4 Å². The predicted molar refractivity (Wildman–Crippen MR) is 67.4 cm³/mol. The molecular weight excluding hydrogens is 252 g/mol. The van der Waals surface area contributed by atoms with Crippen molar-refractivity contribution in [2.45, 2.75) is 18.6 Å². The normalized spacial score (nSPS) is 21.1. The summed E-state index contributed by atoms with van der Waals surface area (Å²) in [5.74, 6) is -1.57. The van der Waals surface area contributed by atoms with Crippen LogP contribution in [0.3, 0.4) is 0 Å². The number of carboxylic acid groups (broad SMARTS) is 1. The highest BCUT2D eigenvalue weighted by molar-refractivity contribution is 8.15. The number of hydrogen-bond acceptors (Lipinski definition) is 5. The Labute approximate surface area is 108 Å². The molecule has 2 rings (SSSR count). The van der Waals surface area contributed by atoms with Gasteiger partial charge in [0.25, 0.3) is 0 Å². The Balaban J connectivity index is 2.09. The fraction of sp³-hybridized carbons (Fsp3) is 0.250. The van der Waals surface area contributed by atoms with Gasteiger partial charge in [-0.1, -0.05) is 29.5 Å². The SMILES string of the molecule is Cc1ccc(N=C2NC(=O)[C@@H](CC(=O)[O-])S2)cc1. The van der Waals surface area contributed by atoms with E-state index in [2.05, 4.69) is 10.3 Å². The molecule has 1 aromatic carbocycles. The van der Waals surface area contributed by atoms with Gasteiger partial charge in [-0.25, -0.2) is 4.99 Å². The van der Waals surface area contributed by atoms with Crippen molar-refractivity contribution in [2.75, 3.05) is 0 Å². The second-order valence-corrected chi connectivity index (χ2v) is 5.12. The van der Waals surface area contributed by atoms with Gasteiger partial charge in [-0.2, -0.15) is 0 Å². The third kappa shape index (κ3) is 3.10. The first-order valence-corrected chi connectivity index (χ1v) is 6.25. The quantitative estimate of drug-likeness (QED) is 0.853. The van der Waals surface area contributed by atoms with Crippen LogP contribution in [-0.2, 0) is 9.59 Å². The van der Waals surface area contributed by atoms with Crippen LogP contribution in [0.2, 0.25) is 0 Å². The van der Waals surface area contributed by atoms with E-state index in [0.717, 1.165) is 23.0 Å². The minimum Gasteiger partial charge on any atom is -0.550 e. The maximum atomic E-state index is 11.5. The number of carbonyl (C=O) groups excluding carboxylic acids is 2. The Bertz CT molecular complexity index is 511. The summed E-state index contributed by atoms with van der Waals surface area (Å²) in [4.78, 5) is 26.2. The monoisotopic (exact) mass is 263 g/mol. The van der Waals surface area contributed by atoms with E-state index >= 15 is 0 Å². The van der Waals surface area contributed by atoms with Crippen LogP contribution >= 0.6 is 11.8 Å². The van der Waals surface area contributed by atoms with E-state index in [0.29, 0.717) is 5.17 Å². The number of aliphatic imine (C=N–C) groups is 1. The first-order valence-electron chi connectivity index (χ1n) is 5.37. The van der Waals surface area contributed by atoms with Crippen LogP contribution in [0.4, 0.5) is 5.69 Å². The average Bonchev–Trinajstić information content (AvgIpc) is 2.62. The summed E-state index contributed by atoms with van der Waals surface area (Å²) in [5.41, 5.74) is 1.84. The number of amidine groups is 1. The van der Waals surface area contributed by atoms with Gasteiger partial charge in [-0.3, -0.25) is 4.79 Å². The van der Waals surface area contributed by atoms with Gasteiger partial charge in [-0.15, -0.1) is 0 Å². The zero-order valence-corrected chi connectivity index (χ0v) is 10.5. The summed E-state index contributed by atoms with van der Waals surface area (Å²) < 4.78 is 0. The average molecular weight is 263 g/mol. The molecule has 0 spiro atoms. The Morgan fingerprint density at radius 2 is 2.11 bits per heavy atom. The molecule has 0 aromatic heterocycles. The highest BCUT2D eigenvalue weighted by atomic mass is 32.2. The van der Waals surface area contributed by atoms with Crippen molar-refractivity contribution in [2.24, 2.45) is 4.99 Å². The highest BCUT2D eigenvalue weighted by Crippen LogP contribution is 2.24. The molecule has 0 unspecified atom stereocenters. The molecule has 0 aliphatic carbocycles. The Kier molecular flexibility index (Phi) is 3.66. The molecule has 0 radical (unpaired) electrons. The molecule has 1 amide bonds. The van der Waals surface area contributed by atoms with Crippen LogP contribution in [0.5, 0.6) is 0 Å². The number of carbonyl (C=O) groups is 2. The van der Waals surface area contributed by atoms with Gasteiger partial charge in [-0.05, 0) is 19.1 Å². The van der Waals surface area contributed by atoms with Gasteiger partial charge >= 0.3 is 0 Å². The number of aliphatic carboxylic acids is 1. The lowest BCUT2D eigenvalue weighted by molar-refractivity contribution is -0.305. The van der Waals surface area contributed by atoms with E-state index in [1.807, 2.05) is 31.2 Å². The van der Waals surface area contributed by atoms with Crippen LogP contribution < -0.4 is 10.4 Å². The van der Waals surface area contributed by atoms with E-state index in [-0.39, 0.29) is 12.3 Å². The third-order valence-electron chi connectivity index (χ3n) is 2.39. The van der Waals surface area contributed by atoms with Gasteiger partial charge < -0.3 is 15.2 Å². The molecule has 1 atom stereocenters. The van der Waals surface area contributed by atoms with Crippen molar-refractivity contribution in [3.05, 3.63) is 29.8 Å². The number of aryl methyl sites for hydroxylation is 1. The number of nitrogens with zero attached hydrogens (tertiary/aromatic N) is 1. The van der Waals surface area contributed by atoms with E-state index in [1.54, 1.807) is 0 Å². The standard InChI is InChI=1S/C12H12N2O3S/c1-7-2-4-8(5-3-7)13-12-14-11(17)9(18-12)6-10(15)16/h2-5,9H,6H2,1H3,(H,15,16)(H,13,14,17)/p-1/t9-/m1/s1. The minimum atomic E-state index is -1.24. The summed E-state index contributed by atoms with van der Waals surface area (Å²) in [6.07, 6.45) is -0.302. The van der Waals surface area contributed by atoms with Crippen molar-refractivity contribution >= 4 is 34.5 Å². The van der Waals surface area contributed by atoms with E-state index < -0.39 is 11.2 Å². The first kappa shape index (κ1) is 12.6. The van der Waals surface area contributed by atoms with Crippen molar-refractivity contribution < 1.29 is 14.7 Å². The second-order valence-electron chi connectivity index (χ2n) is 3.92. The zero-order chi connectivity index (χ0) is 13.1. The summed E-state index contributed by atoms with van der Waals surface area (Å²) in [5, 5.41) is 12.8. The van der Waals surface area contributed by atoms with E-state index in [9.17, 15) is 14.7 Å². The summed E-state index contributed by atoms with van der Waals surface area (Å²) >= 11 is 1.11. The second kappa shape index (κ2) is 5.22. The predicted octanol–water partition coefficient (Wildman–Crippen LogP) is 0.354. The molecule has 1 fully saturated rings. The number of rotatable bonds is 3. The van der Waals surface area contributed by atoms with Crippen LogP contribution in [0, 0.1) is 6.92 Å². The Hall–Kier alpha value is -1.82. The Morgan fingerprint density at radius 1 is 1.44 bits per heavy atom. The number of nitrogens with one attached hydrogen (secondary N) is 1. The van der Waals surface area contributed by atoms with Crippen LogP contribution in [0.25, 0.3) is 0 Å². The minimum absolute atomic E-state index is 0.302. The molecule has 1 aliphatic heterocycles. The summed E-state index contributed by atoms with van der Waals surface area (Å²) in [6.45, 7) is 1.97. The maximum Gasteiger partial charge on any atom is 0.239 e.